The van der Waals surface area contributed by atoms with Gasteiger partial charge in [0.1, 0.15) is 0 Å². The molecule has 1 aromatic rings. The van der Waals surface area contributed by atoms with Crippen molar-refractivity contribution in [3.63, 3.8) is 0 Å². The number of nitrogens with two attached hydrogens (primary N) is 1. The number of ether oxygens (including phenoxy) is 1. The van der Waals surface area contributed by atoms with Gasteiger partial charge >= 0.3 is 0 Å². The summed E-state index contributed by atoms with van der Waals surface area (Å²) in [7, 11) is 1.73. The van der Waals surface area contributed by atoms with Gasteiger partial charge in [0.15, 0.2) is 0 Å². The van der Waals surface area contributed by atoms with Crippen molar-refractivity contribution in [1.82, 2.24) is 9.78 Å². The Morgan fingerprint density at radius 3 is 2.59 bits per heavy atom. The molecule has 0 saturated heterocycles. The fourth-order valence-corrected chi connectivity index (χ4v) is 1.93. The third kappa shape index (κ3) is 3.54. The van der Waals surface area contributed by atoms with E-state index in [1.807, 2.05) is 11.6 Å². The fourth-order valence-electron chi connectivity index (χ4n) is 1.93. The standard InChI is InChI=1S/C13H25N3O/c1-6-12(14)7-13-10(3)15-16(11(13)4)8-9(2)17-5/h9,12H,6-8,14H2,1-5H3. The summed E-state index contributed by atoms with van der Waals surface area (Å²) in [5, 5.41) is 4.57. The Hall–Kier alpha value is -0.870. The molecule has 0 aliphatic carbocycles. The predicted octanol–water partition coefficient (Wildman–Crippen LogP) is 1.81. The van der Waals surface area contributed by atoms with Gasteiger partial charge in [-0.2, -0.15) is 5.10 Å². The number of aromatic nitrogens is 2. The minimum atomic E-state index is 0.181. The molecule has 1 aromatic heterocycles. The van der Waals surface area contributed by atoms with Crippen LogP contribution >= 0.6 is 0 Å². The highest BCUT2D eigenvalue weighted by Gasteiger charge is 2.15. The van der Waals surface area contributed by atoms with Crippen LogP contribution in [0.1, 0.15) is 37.2 Å². The molecule has 0 aliphatic rings. The highest BCUT2D eigenvalue weighted by atomic mass is 16.5. The van der Waals surface area contributed by atoms with Gasteiger partial charge in [0, 0.05) is 18.8 Å². The highest BCUT2D eigenvalue weighted by molar-refractivity contribution is 5.25. The molecule has 98 valence electrons. The molecule has 0 radical (unpaired) electrons. The van der Waals surface area contributed by atoms with Gasteiger partial charge in [0.25, 0.3) is 0 Å². The SMILES string of the molecule is CCC(N)Cc1c(C)nn(CC(C)OC)c1C. The van der Waals surface area contributed by atoms with E-state index in [0.717, 1.165) is 25.1 Å². The molecule has 0 fully saturated rings. The molecule has 1 heterocycles. The van der Waals surface area contributed by atoms with Crippen molar-refractivity contribution >= 4 is 0 Å². The Morgan fingerprint density at radius 2 is 2.06 bits per heavy atom. The molecule has 0 amide bonds. The molecule has 0 aromatic carbocycles. The number of methoxy groups -OCH3 is 1. The maximum absolute atomic E-state index is 6.02. The van der Waals surface area contributed by atoms with Gasteiger partial charge in [-0.05, 0) is 39.2 Å². The van der Waals surface area contributed by atoms with Crippen molar-refractivity contribution in [2.75, 3.05) is 7.11 Å². The van der Waals surface area contributed by atoms with Gasteiger partial charge in [0.05, 0.1) is 18.3 Å². The first kappa shape index (κ1) is 14.2. The van der Waals surface area contributed by atoms with E-state index in [2.05, 4.69) is 25.9 Å². The monoisotopic (exact) mass is 239 g/mol. The molecule has 0 spiro atoms. The highest BCUT2D eigenvalue weighted by Crippen LogP contribution is 2.16. The summed E-state index contributed by atoms with van der Waals surface area (Å²) in [6.07, 6.45) is 2.09. The van der Waals surface area contributed by atoms with E-state index in [1.165, 1.54) is 11.3 Å². The lowest BCUT2D eigenvalue weighted by Crippen LogP contribution is -2.22. The average molecular weight is 239 g/mol. The van der Waals surface area contributed by atoms with E-state index >= 15 is 0 Å². The number of hydrogen-bond donors (Lipinski definition) is 1. The maximum Gasteiger partial charge on any atom is 0.0739 e. The molecule has 2 N–H and O–H groups in total. The predicted molar refractivity (Wildman–Crippen MR) is 70.1 cm³/mol. The second kappa shape index (κ2) is 6.17. The van der Waals surface area contributed by atoms with Crippen LogP contribution in [0.2, 0.25) is 0 Å². The van der Waals surface area contributed by atoms with Gasteiger partial charge in [-0.25, -0.2) is 0 Å². The maximum atomic E-state index is 6.02. The van der Waals surface area contributed by atoms with Crippen molar-refractivity contribution in [2.24, 2.45) is 5.73 Å². The summed E-state index contributed by atoms with van der Waals surface area (Å²) in [6, 6.07) is 0.227. The van der Waals surface area contributed by atoms with Crippen LogP contribution < -0.4 is 5.73 Å². The second-order valence-electron chi connectivity index (χ2n) is 4.75. The first-order chi connectivity index (χ1) is 7.99. The quantitative estimate of drug-likeness (QED) is 0.823. The van der Waals surface area contributed by atoms with E-state index in [0.29, 0.717) is 0 Å². The number of aryl methyl sites for hydroxylation is 1. The van der Waals surface area contributed by atoms with Crippen molar-refractivity contribution in [2.45, 2.75) is 59.2 Å². The number of nitrogens with zero attached hydrogens (tertiary/aromatic N) is 2. The van der Waals surface area contributed by atoms with Gasteiger partial charge in [-0.3, -0.25) is 4.68 Å². The van der Waals surface area contributed by atoms with Crippen LogP contribution in [0.4, 0.5) is 0 Å². The summed E-state index contributed by atoms with van der Waals surface area (Å²) in [6.45, 7) is 9.13. The third-order valence-corrected chi connectivity index (χ3v) is 3.35. The third-order valence-electron chi connectivity index (χ3n) is 3.35. The molecular weight excluding hydrogens is 214 g/mol. The Kier molecular flexibility index (Phi) is 5.15. The average Bonchev–Trinajstić information content (AvgIpc) is 2.56. The van der Waals surface area contributed by atoms with Crippen LogP contribution in [-0.4, -0.2) is 29.0 Å². The molecule has 17 heavy (non-hydrogen) atoms. The first-order valence-electron chi connectivity index (χ1n) is 6.30. The van der Waals surface area contributed by atoms with Gasteiger partial charge in [-0.1, -0.05) is 6.92 Å². The van der Waals surface area contributed by atoms with Crippen molar-refractivity contribution in [3.8, 4) is 0 Å². The molecule has 2 unspecified atom stereocenters. The molecule has 0 bridgehead atoms. The summed E-state index contributed by atoms with van der Waals surface area (Å²) in [5.41, 5.74) is 9.62. The lowest BCUT2D eigenvalue weighted by Gasteiger charge is -2.12. The molecule has 1 rings (SSSR count). The van der Waals surface area contributed by atoms with Crippen LogP contribution in [0.25, 0.3) is 0 Å². The summed E-state index contributed by atoms with van der Waals surface area (Å²) in [4.78, 5) is 0. The van der Waals surface area contributed by atoms with E-state index in [1.54, 1.807) is 7.11 Å². The largest absolute Gasteiger partial charge is 0.380 e. The Morgan fingerprint density at radius 1 is 1.41 bits per heavy atom. The number of rotatable bonds is 6. The smallest absolute Gasteiger partial charge is 0.0739 e. The normalized spacial score (nSPS) is 14.9. The molecule has 2 atom stereocenters. The topological polar surface area (TPSA) is 53.1 Å². The lowest BCUT2D eigenvalue weighted by atomic mass is 10.0. The Labute approximate surface area is 104 Å². The summed E-state index contributed by atoms with van der Waals surface area (Å²) in [5.74, 6) is 0. The van der Waals surface area contributed by atoms with Crippen molar-refractivity contribution in [1.29, 1.82) is 0 Å². The van der Waals surface area contributed by atoms with E-state index in [-0.39, 0.29) is 12.1 Å². The van der Waals surface area contributed by atoms with Crippen molar-refractivity contribution < 1.29 is 4.74 Å². The zero-order valence-electron chi connectivity index (χ0n) is 11.7. The minimum absolute atomic E-state index is 0.181. The molecule has 4 nitrogen and oxygen atoms in total. The van der Waals surface area contributed by atoms with Gasteiger partial charge in [0.2, 0.25) is 0 Å². The Bertz CT molecular complexity index is 360. The van der Waals surface area contributed by atoms with Crippen LogP contribution in [0.3, 0.4) is 0 Å². The number of hydrogen-bond acceptors (Lipinski definition) is 3. The zero-order chi connectivity index (χ0) is 13.0. The van der Waals surface area contributed by atoms with Gasteiger partial charge < -0.3 is 10.5 Å². The summed E-state index contributed by atoms with van der Waals surface area (Å²) >= 11 is 0. The fraction of sp³-hybridized carbons (Fsp3) is 0.769. The van der Waals surface area contributed by atoms with Crippen LogP contribution in [0, 0.1) is 13.8 Å². The lowest BCUT2D eigenvalue weighted by molar-refractivity contribution is 0.0991. The van der Waals surface area contributed by atoms with E-state index < -0.39 is 0 Å². The van der Waals surface area contributed by atoms with Crippen LogP contribution in [-0.2, 0) is 17.7 Å². The minimum Gasteiger partial charge on any atom is -0.380 e. The van der Waals surface area contributed by atoms with E-state index in [4.69, 9.17) is 10.5 Å². The molecule has 0 saturated carbocycles. The Balaban J connectivity index is 2.85. The molecular formula is C13H25N3O. The van der Waals surface area contributed by atoms with Crippen molar-refractivity contribution in [3.05, 3.63) is 17.0 Å². The second-order valence-corrected chi connectivity index (χ2v) is 4.75. The zero-order valence-corrected chi connectivity index (χ0v) is 11.7. The van der Waals surface area contributed by atoms with Crippen LogP contribution in [0.5, 0.6) is 0 Å². The molecule has 0 aliphatic heterocycles. The van der Waals surface area contributed by atoms with Crippen LogP contribution in [0.15, 0.2) is 0 Å². The summed E-state index contributed by atoms with van der Waals surface area (Å²) < 4.78 is 7.30. The first-order valence-corrected chi connectivity index (χ1v) is 6.30. The van der Waals surface area contributed by atoms with E-state index in [9.17, 15) is 0 Å². The van der Waals surface area contributed by atoms with Gasteiger partial charge in [-0.15, -0.1) is 0 Å². The molecule has 4 heteroatoms.